The maximum Gasteiger partial charge on any atom is 0.224 e. The zero-order valence-electron chi connectivity index (χ0n) is 9.14. The Kier molecular flexibility index (Phi) is 2.11. The Morgan fingerprint density at radius 1 is 1.44 bits per heavy atom. The number of hydrogen-bond donors (Lipinski definition) is 1. The number of nitrogens with two attached hydrogens (primary N) is 1. The van der Waals surface area contributed by atoms with Crippen LogP contribution in [0.5, 0.6) is 0 Å². The zero-order chi connectivity index (χ0) is 11.1. The van der Waals surface area contributed by atoms with Crippen molar-refractivity contribution >= 4 is 16.8 Å². The fraction of sp³-hybridized carbons (Fsp3) is 0.417. The molecule has 3 rings (SSSR count). The summed E-state index contributed by atoms with van der Waals surface area (Å²) < 4.78 is 11.3. The van der Waals surface area contributed by atoms with Gasteiger partial charge in [-0.2, -0.15) is 0 Å². The van der Waals surface area contributed by atoms with Crippen LogP contribution in [-0.4, -0.2) is 11.6 Å². The van der Waals surface area contributed by atoms with Crippen molar-refractivity contribution in [1.29, 1.82) is 0 Å². The third kappa shape index (κ3) is 1.46. The number of ether oxygens (including phenoxy) is 1. The first-order chi connectivity index (χ1) is 7.74. The number of aromatic nitrogens is 1. The lowest BCUT2D eigenvalue weighted by Crippen LogP contribution is -2.03. The number of nitrogens with zero attached hydrogens (tertiary/aromatic N) is 1. The van der Waals surface area contributed by atoms with Gasteiger partial charge < -0.3 is 14.9 Å². The van der Waals surface area contributed by atoms with Crippen LogP contribution in [0.25, 0.3) is 11.1 Å². The van der Waals surface area contributed by atoms with E-state index in [0.717, 1.165) is 24.1 Å². The quantitative estimate of drug-likeness (QED) is 0.747. The third-order valence-electron chi connectivity index (χ3n) is 3.06. The third-order valence-corrected chi connectivity index (χ3v) is 3.06. The van der Waals surface area contributed by atoms with Crippen molar-refractivity contribution in [2.75, 3.05) is 12.3 Å². The summed E-state index contributed by atoms with van der Waals surface area (Å²) in [5, 5.41) is 0. The lowest BCUT2D eigenvalue weighted by molar-refractivity contribution is 0.0730. The largest absolute Gasteiger partial charge is 0.438 e. The van der Waals surface area contributed by atoms with Gasteiger partial charge in [0.1, 0.15) is 11.6 Å². The maximum atomic E-state index is 5.70. The molecule has 2 heterocycles. The van der Waals surface area contributed by atoms with Crippen molar-refractivity contribution in [3.8, 4) is 0 Å². The smallest absolute Gasteiger partial charge is 0.224 e. The number of benzene rings is 1. The van der Waals surface area contributed by atoms with Gasteiger partial charge in [-0.05, 0) is 30.5 Å². The summed E-state index contributed by atoms with van der Waals surface area (Å²) in [4.78, 5) is 4.43. The Morgan fingerprint density at radius 2 is 2.31 bits per heavy atom. The first kappa shape index (κ1) is 9.66. The van der Waals surface area contributed by atoms with Gasteiger partial charge in [0.15, 0.2) is 5.58 Å². The maximum absolute atomic E-state index is 5.70. The number of rotatable bonds is 1. The molecule has 2 atom stereocenters. The average Bonchev–Trinajstić information content (AvgIpc) is 2.82. The lowest BCUT2D eigenvalue weighted by Gasteiger charge is -2.08. The van der Waals surface area contributed by atoms with Gasteiger partial charge in [-0.15, -0.1) is 0 Å². The predicted molar refractivity (Wildman–Crippen MR) is 60.9 cm³/mol. The SMILES string of the molecule is CC1CCOC1c1nc2cc(N)ccc2o1. The zero-order valence-corrected chi connectivity index (χ0v) is 9.14. The summed E-state index contributed by atoms with van der Waals surface area (Å²) in [6, 6.07) is 5.49. The standard InChI is InChI=1S/C12H14N2O2/c1-7-4-5-15-11(7)12-14-9-6-8(13)2-3-10(9)16-12/h2-3,6-7,11H,4-5,13H2,1H3. The van der Waals surface area contributed by atoms with Crippen molar-refractivity contribution in [1.82, 2.24) is 4.98 Å². The number of fused-ring (bicyclic) bond motifs is 1. The first-order valence-corrected chi connectivity index (χ1v) is 5.51. The van der Waals surface area contributed by atoms with Gasteiger partial charge in [0.25, 0.3) is 0 Å². The van der Waals surface area contributed by atoms with Crippen molar-refractivity contribution in [2.24, 2.45) is 5.92 Å². The van der Waals surface area contributed by atoms with E-state index in [1.54, 1.807) is 0 Å². The molecule has 0 bridgehead atoms. The van der Waals surface area contributed by atoms with E-state index in [0.29, 0.717) is 17.5 Å². The molecule has 4 heteroatoms. The van der Waals surface area contributed by atoms with E-state index in [-0.39, 0.29) is 6.10 Å². The Morgan fingerprint density at radius 3 is 3.06 bits per heavy atom. The predicted octanol–water partition coefficient (Wildman–Crippen LogP) is 2.51. The second kappa shape index (κ2) is 3.49. The number of anilines is 1. The van der Waals surface area contributed by atoms with E-state index in [1.807, 2.05) is 18.2 Å². The molecule has 0 aliphatic carbocycles. The molecule has 1 saturated heterocycles. The molecule has 0 saturated carbocycles. The minimum Gasteiger partial charge on any atom is -0.438 e. The van der Waals surface area contributed by atoms with Crippen LogP contribution < -0.4 is 5.73 Å². The van der Waals surface area contributed by atoms with Gasteiger partial charge in [-0.3, -0.25) is 0 Å². The average molecular weight is 218 g/mol. The Hall–Kier alpha value is -1.55. The fourth-order valence-corrected chi connectivity index (χ4v) is 2.10. The first-order valence-electron chi connectivity index (χ1n) is 5.51. The summed E-state index contributed by atoms with van der Waals surface area (Å²) in [5.74, 6) is 1.14. The highest BCUT2D eigenvalue weighted by molar-refractivity contribution is 5.76. The van der Waals surface area contributed by atoms with E-state index in [1.165, 1.54) is 0 Å². The van der Waals surface area contributed by atoms with Crippen LogP contribution in [0.4, 0.5) is 5.69 Å². The molecule has 1 aliphatic heterocycles. The molecular formula is C12H14N2O2. The van der Waals surface area contributed by atoms with E-state index in [2.05, 4.69) is 11.9 Å². The summed E-state index contributed by atoms with van der Waals surface area (Å²) in [5.41, 5.74) is 7.98. The van der Waals surface area contributed by atoms with Crippen LogP contribution >= 0.6 is 0 Å². The van der Waals surface area contributed by atoms with Crippen LogP contribution in [0.1, 0.15) is 25.3 Å². The summed E-state index contributed by atoms with van der Waals surface area (Å²) in [6.07, 6.45) is 1.06. The second-order valence-corrected chi connectivity index (χ2v) is 4.34. The monoisotopic (exact) mass is 218 g/mol. The van der Waals surface area contributed by atoms with Crippen molar-refractivity contribution in [3.05, 3.63) is 24.1 Å². The summed E-state index contributed by atoms with van der Waals surface area (Å²) in [7, 11) is 0. The molecule has 1 aromatic heterocycles. The molecule has 0 spiro atoms. The molecule has 1 fully saturated rings. The molecule has 4 nitrogen and oxygen atoms in total. The Labute approximate surface area is 93.4 Å². The minimum absolute atomic E-state index is 0.00590. The van der Waals surface area contributed by atoms with Crippen LogP contribution in [0.2, 0.25) is 0 Å². The summed E-state index contributed by atoms with van der Waals surface area (Å²) >= 11 is 0. The Bertz CT molecular complexity index is 521. The molecule has 1 aromatic carbocycles. The van der Waals surface area contributed by atoms with Gasteiger partial charge in [0.2, 0.25) is 5.89 Å². The topological polar surface area (TPSA) is 61.3 Å². The van der Waals surface area contributed by atoms with Crippen molar-refractivity contribution < 1.29 is 9.15 Å². The molecule has 1 aliphatic rings. The van der Waals surface area contributed by atoms with Crippen LogP contribution in [0, 0.1) is 5.92 Å². The van der Waals surface area contributed by atoms with Crippen LogP contribution in [-0.2, 0) is 4.74 Å². The van der Waals surface area contributed by atoms with E-state index in [4.69, 9.17) is 14.9 Å². The molecule has 0 radical (unpaired) electrons. The normalized spacial score (nSPS) is 25.3. The van der Waals surface area contributed by atoms with Crippen molar-refractivity contribution in [3.63, 3.8) is 0 Å². The molecule has 84 valence electrons. The van der Waals surface area contributed by atoms with Gasteiger partial charge >= 0.3 is 0 Å². The Balaban J connectivity index is 2.04. The molecular weight excluding hydrogens is 204 g/mol. The van der Waals surface area contributed by atoms with E-state index in [9.17, 15) is 0 Å². The molecule has 2 aromatic rings. The fourth-order valence-electron chi connectivity index (χ4n) is 2.10. The molecule has 16 heavy (non-hydrogen) atoms. The van der Waals surface area contributed by atoms with E-state index >= 15 is 0 Å². The number of oxazole rings is 1. The van der Waals surface area contributed by atoms with Gasteiger partial charge in [-0.1, -0.05) is 6.92 Å². The van der Waals surface area contributed by atoms with Gasteiger partial charge in [0, 0.05) is 12.3 Å². The van der Waals surface area contributed by atoms with Gasteiger partial charge in [-0.25, -0.2) is 4.98 Å². The number of hydrogen-bond acceptors (Lipinski definition) is 4. The highest BCUT2D eigenvalue weighted by atomic mass is 16.5. The van der Waals surface area contributed by atoms with Gasteiger partial charge in [0.05, 0.1) is 0 Å². The molecule has 2 unspecified atom stereocenters. The lowest BCUT2D eigenvalue weighted by atomic mass is 10.0. The highest BCUT2D eigenvalue weighted by Crippen LogP contribution is 2.35. The summed E-state index contributed by atoms with van der Waals surface area (Å²) in [6.45, 7) is 2.94. The minimum atomic E-state index is -0.00590. The van der Waals surface area contributed by atoms with Crippen LogP contribution in [0.3, 0.4) is 0 Å². The van der Waals surface area contributed by atoms with E-state index < -0.39 is 0 Å². The molecule has 0 amide bonds. The number of nitrogen functional groups attached to an aromatic ring is 1. The van der Waals surface area contributed by atoms with Crippen molar-refractivity contribution in [2.45, 2.75) is 19.4 Å². The van der Waals surface area contributed by atoms with Crippen LogP contribution in [0.15, 0.2) is 22.6 Å². The highest BCUT2D eigenvalue weighted by Gasteiger charge is 2.30. The molecule has 2 N–H and O–H groups in total. The second-order valence-electron chi connectivity index (χ2n) is 4.34.